The summed E-state index contributed by atoms with van der Waals surface area (Å²) in [5.74, 6) is 0. The van der Waals surface area contributed by atoms with Gasteiger partial charge >= 0.3 is 0 Å². The van der Waals surface area contributed by atoms with Gasteiger partial charge in [0.2, 0.25) is 0 Å². The second kappa shape index (κ2) is 4.70. The lowest BCUT2D eigenvalue weighted by Gasteiger charge is -2.27. The van der Waals surface area contributed by atoms with Crippen LogP contribution < -0.4 is 10.2 Å². The molecule has 72 valence electrons. The van der Waals surface area contributed by atoms with Gasteiger partial charge in [-0.15, -0.1) is 0 Å². The first-order chi connectivity index (χ1) is 6.38. The summed E-state index contributed by atoms with van der Waals surface area (Å²) in [6.45, 7) is 6.08. The number of nitrogens with zero attached hydrogens (tertiary/aromatic N) is 2. The molecule has 0 aliphatic carbocycles. The number of aromatic nitrogens is 1. The van der Waals surface area contributed by atoms with Crippen LogP contribution in [0.1, 0.15) is 13.8 Å². The molecule has 2 rings (SSSR count). The normalized spacial score (nSPS) is 13.6. The van der Waals surface area contributed by atoms with Gasteiger partial charge in [-0.1, -0.05) is 13.8 Å². The van der Waals surface area contributed by atoms with Crippen molar-refractivity contribution in [2.45, 2.75) is 13.8 Å². The summed E-state index contributed by atoms with van der Waals surface area (Å²) in [7, 11) is 2.10. The Morgan fingerprint density at radius 2 is 2.23 bits per heavy atom. The molecule has 0 amide bonds. The van der Waals surface area contributed by atoms with Crippen LogP contribution in [-0.4, -0.2) is 25.1 Å². The molecule has 0 saturated carbocycles. The van der Waals surface area contributed by atoms with E-state index in [9.17, 15) is 0 Å². The maximum absolute atomic E-state index is 4.04. The Morgan fingerprint density at radius 3 is 2.92 bits per heavy atom. The van der Waals surface area contributed by atoms with Gasteiger partial charge in [0.25, 0.3) is 0 Å². The molecule has 1 aliphatic rings. The predicted octanol–water partition coefficient (Wildman–Crippen LogP) is 1.97. The van der Waals surface area contributed by atoms with Crippen molar-refractivity contribution < 1.29 is 0 Å². The van der Waals surface area contributed by atoms with Crippen LogP contribution in [0.25, 0.3) is 0 Å². The maximum atomic E-state index is 4.04. The van der Waals surface area contributed by atoms with E-state index in [0.29, 0.717) is 0 Å². The largest absolute Gasteiger partial charge is 0.380 e. The van der Waals surface area contributed by atoms with Gasteiger partial charge in [-0.2, -0.15) is 0 Å². The van der Waals surface area contributed by atoms with E-state index in [1.807, 2.05) is 32.3 Å². The van der Waals surface area contributed by atoms with Crippen LogP contribution in [0.15, 0.2) is 18.5 Å². The number of anilines is 2. The van der Waals surface area contributed by atoms with E-state index >= 15 is 0 Å². The Hall–Kier alpha value is -1.25. The molecule has 3 heteroatoms. The zero-order chi connectivity index (χ0) is 9.68. The van der Waals surface area contributed by atoms with E-state index in [1.165, 1.54) is 5.69 Å². The monoisotopic (exact) mass is 179 g/mol. The molecule has 0 saturated heterocycles. The number of likely N-dealkylation sites (N-methyl/N-ethyl adjacent to an activating group) is 1. The van der Waals surface area contributed by atoms with Crippen LogP contribution in [-0.2, 0) is 0 Å². The molecule has 1 aliphatic heterocycles. The fraction of sp³-hybridized carbons (Fsp3) is 0.500. The van der Waals surface area contributed by atoms with E-state index < -0.39 is 0 Å². The Bertz CT molecular complexity index is 260. The highest BCUT2D eigenvalue weighted by atomic mass is 15.2. The number of fused-ring (bicyclic) bond motifs is 1. The van der Waals surface area contributed by atoms with Crippen molar-refractivity contribution in [2.75, 3.05) is 30.4 Å². The Labute approximate surface area is 79.8 Å². The molecule has 0 atom stereocenters. The average Bonchev–Trinajstić information content (AvgIpc) is 2.22. The van der Waals surface area contributed by atoms with Crippen LogP contribution in [0, 0.1) is 0 Å². The summed E-state index contributed by atoms with van der Waals surface area (Å²) < 4.78 is 0. The van der Waals surface area contributed by atoms with E-state index in [1.54, 1.807) is 0 Å². The molecular weight excluding hydrogens is 162 g/mol. The number of hydrogen-bond acceptors (Lipinski definition) is 3. The van der Waals surface area contributed by atoms with Gasteiger partial charge in [0, 0.05) is 26.3 Å². The van der Waals surface area contributed by atoms with Crippen molar-refractivity contribution in [2.24, 2.45) is 0 Å². The zero-order valence-corrected chi connectivity index (χ0v) is 8.54. The third kappa shape index (κ3) is 2.11. The minimum absolute atomic E-state index is 1.01. The van der Waals surface area contributed by atoms with Crippen molar-refractivity contribution in [3.8, 4) is 0 Å². The minimum Gasteiger partial charge on any atom is -0.380 e. The van der Waals surface area contributed by atoms with Crippen LogP contribution in [0.3, 0.4) is 0 Å². The molecule has 13 heavy (non-hydrogen) atoms. The third-order valence-electron chi connectivity index (χ3n) is 1.97. The molecule has 1 aromatic rings. The first-order valence-corrected chi connectivity index (χ1v) is 4.77. The number of hydrogen-bond donors (Lipinski definition) is 1. The fourth-order valence-corrected chi connectivity index (χ4v) is 1.33. The molecule has 3 nitrogen and oxygen atoms in total. The van der Waals surface area contributed by atoms with Crippen LogP contribution in [0.4, 0.5) is 11.4 Å². The standard InChI is InChI=1S/C8H11N3.C2H6/c1-11-5-4-10-7-6-9-3-2-8(7)11;1-2/h2-3,6,10H,4-5H2,1H3;1-2H3. The lowest BCUT2D eigenvalue weighted by atomic mass is 10.2. The number of rotatable bonds is 0. The predicted molar refractivity (Wildman–Crippen MR) is 57.3 cm³/mol. The van der Waals surface area contributed by atoms with Gasteiger partial charge < -0.3 is 10.2 Å². The van der Waals surface area contributed by atoms with Gasteiger partial charge in [-0.25, -0.2) is 0 Å². The van der Waals surface area contributed by atoms with Crippen molar-refractivity contribution in [1.29, 1.82) is 0 Å². The smallest absolute Gasteiger partial charge is 0.0764 e. The van der Waals surface area contributed by atoms with Gasteiger partial charge in [0.05, 0.1) is 17.6 Å². The lowest BCUT2D eigenvalue weighted by molar-refractivity contribution is 0.883. The topological polar surface area (TPSA) is 28.2 Å². The lowest BCUT2D eigenvalue weighted by Crippen LogP contribution is -2.30. The summed E-state index contributed by atoms with van der Waals surface area (Å²) in [4.78, 5) is 6.27. The van der Waals surface area contributed by atoms with E-state index in [2.05, 4.69) is 22.2 Å². The Morgan fingerprint density at radius 1 is 1.46 bits per heavy atom. The van der Waals surface area contributed by atoms with Crippen molar-refractivity contribution in [3.05, 3.63) is 18.5 Å². The second-order valence-corrected chi connectivity index (χ2v) is 2.74. The number of pyridine rings is 1. The van der Waals surface area contributed by atoms with Crippen LogP contribution in [0.5, 0.6) is 0 Å². The molecule has 1 N–H and O–H groups in total. The third-order valence-corrected chi connectivity index (χ3v) is 1.97. The van der Waals surface area contributed by atoms with Crippen molar-refractivity contribution >= 4 is 11.4 Å². The first kappa shape index (κ1) is 9.84. The first-order valence-electron chi connectivity index (χ1n) is 4.77. The highest BCUT2D eigenvalue weighted by Crippen LogP contribution is 2.25. The van der Waals surface area contributed by atoms with Gasteiger partial charge in [-0.05, 0) is 6.07 Å². The quantitative estimate of drug-likeness (QED) is 0.660. The maximum Gasteiger partial charge on any atom is 0.0764 e. The molecule has 0 bridgehead atoms. The molecule has 0 aromatic carbocycles. The highest BCUT2D eigenvalue weighted by molar-refractivity contribution is 5.70. The highest BCUT2D eigenvalue weighted by Gasteiger charge is 2.10. The SMILES string of the molecule is CC.CN1CCNc2cnccc21. The summed E-state index contributed by atoms with van der Waals surface area (Å²) in [5, 5.41) is 3.29. The molecule has 1 aromatic heterocycles. The van der Waals surface area contributed by atoms with E-state index in [-0.39, 0.29) is 0 Å². The van der Waals surface area contributed by atoms with Gasteiger partial charge in [0.15, 0.2) is 0 Å². The van der Waals surface area contributed by atoms with Crippen LogP contribution >= 0.6 is 0 Å². The van der Waals surface area contributed by atoms with Crippen LogP contribution in [0.2, 0.25) is 0 Å². The molecular formula is C10H17N3. The van der Waals surface area contributed by atoms with Crippen molar-refractivity contribution in [1.82, 2.24) is 4.98 Å². The summed E-state index contributed by atoms with van der Waals surface area (Å²) in [6.07, 6.45) is 3.69. The number of nitrogens with one attached hydrogen (secondary N) is 1. The summed E-state index contributed by atoms with van der Waals surface area (Å²) in [6, 6.07) is 2.03. The van der Waals surface area contributed by atoms with E-state index in [0.717, 1.165) is 18.8 Å². The molecule has 0 fully saturated rings. The summed E-state index contributed by atoms with van der Waals surface area (Å²) in [5.41, 5.74) is 2.38. The summed E-state index contributed by atoms with van der Waals surface area (Å²) >= 11 is 0. The molecule has 0 spiro atoms. The Balaban J connectivity index is 0.000000396. The van der Waals surface area contributed by atoms with Gasteiger partial charge in [-0.3, -0.25) is 4.98 Å². The van der Waals surface area contributed by atoms with E-state index in [4.69, 9.17) is 0 Å². The average molecular weight is 179 g/mol. The molecule has 0 radical (unpaired) electrons. The molecule has 2 heterocycles. The Kier molecular flexibility index (Phi) is 3.55. The second-order valence-electron chi connectivity index (χ2n) is 2.74. The minimum atomic E-state index is 1.01. The molecule has 0 unspecified atom stereocenters. The van der Waals surface area contributed by atoms with Gasteiger partial charge in [0.1, 0.15) is 0 Å². The zero-order valence-electron chi connectivity index (χ0n) is 8.54. The fourth-order valence-electron chi connectivity index (χ4n) is 1.33. The van der Waals surface area contributed by atoms with Crippen molar-refractivity contribution in [3.63, 3.8) is 0 Å².